The van der Waals surface area contributed by atoms with Crippen molar-refractivity contribution in [1.82, 2.24) is 4.90 Å². The molecule has 1 fully saturated rings. The second-order valence-electron chi connectivity index (χ2n) is 5.97. The number of nitrogens with zero attached hydrogens (tertiary/aromatic N) is 1. The van der Waals surface area contributed by atoms with Gasteiger partial charge in [0.2, 0.25) is 5.91 Å². The molecule has 1 aromatic carbocycles. The quantitative estimate of drug-likeness (QED) is 0.811. The van der Waals surface area contributed by atoms with Crippen molar-refractivity contribution in [3.8, 4) is 11.5 Å². The van der Waals surface area contributed by atoms with Gasteiger partial charge in [-0.15, -0.1) is 0 Å². The molecule has 0 bridgehead atoms. The predicted molar refractivity (Wildman–Crippen MR) is 91.9 cm³/mol. The van der Waals surface area contributed by atoms with Crippen molar-refractivity contribution >= 4 is 23.2 Å². The summed E-state index contributed by atoms with van der Waals surface area (Å²) in [4.78, 5) is 38.4. The Balaban J connectivity index is 2.09. The van der Waals surface area contributed by atoms with Gasteiger partial charge in [-0.05, 0) is 13.0 Å². The van der Waals surface area contributed by atoms with Gasteiger partial charge in [0.05, 0.1) is 32.1 Å². The number of morpholine rings is 1. The topological polar surface area (TPSA) is 106 Å². The summed E-state index contributed by atoms with van der Waals surface area (Å²) in [6, 6.07) is 1.31. The standard InChI is InChI=1S/C18H19NO7/c1-10-11(8-15(21)19-3-5-25-6-4-19)16(22)12-7-14(24-2)17(23)13(9-20)18(12)26-10/h7,9,23H,3-6,8H2,1-2H3. The summed E-state index contributed by atoms with van der Waals surface area (Å²) in [5.41, 5.74) is -0.390. The van der Waals surface area contributed by atoms with E-state index in [4.69, 9.17) is 13.9 Å². The van der Waals surface area contributed by atoms with E-state index in [-0.39, 0.29) is 45.9 Å². The molecule has 8 nitrogen and oxygen atoms in total. The molecular weight excluding hydrogens is 342 g/mol. The molecule has 3 rings (SSSR count). The number of carbonyl (C=O) groups excluding carboxylic acids is 2. The fraction of sp³-hybridized carbons (Fsp3) is 0.389. The van der Waals surface area contributed by atoms with Crippen molar-refractivity contribution < 1.29 is 28.6 Å². The van der Waals surface area contributed by atoms with Crippen LogP contribution < -0.4 is 10.2 Å². The van der Waals surface area contributed by atoms with Gasteiger partial charge in [-0.2, -0.15) is 0 Å². The molecule has 1 aliphatic rings. The molecule has 138 valence electrons. The van der Waals surface area contributed by atoms with E-state index < -0.39 is 11.2 Å². The first kappa shape index (κ1) is 17.9. The van der Waals surface area contributed by atoms with Crippen molar-refractivity contribution in [2.45, 2.75) is 13.3 Å². The summed E-state index contributed by atoms with van der Waals surface area (Å²) in [7, 11) is 1.31. The molecule has 0 saturated carbocycles. The zero-order chi connectivity index (χ0) is 18.8. The molecule has 1 saturated heterocycles. The molecule has 2 aromatic rings. The van der Waals surface area contributed by atoms with Gasteiger partial charge in [0.25, 0.3) is 0 Å². The Labute approximate surface area is 148 Å². The number of phenolic OH excluding ortho intramolecular Hbond substituents is 1. The van der Waals surface area contributed by atoms with Crippen LogP contribution in [0.3, 0.4) is 0 Å². The number of methoxy groups -OCH3 is 1. The largest absolute Gasteiger partial charge is 0.504 e. The Bertz CT molecular complexity index is 926. The number of aldehydes is 1. The molecule has 1 amide bonds. The van der Waals surface area contributed by atoms with E-state index in [9.17, 15) is 19.5 Å². The lowest BCUT2D eigenvalue weighted by molar-refractivity contribution is -0.134. The summed E-state index contributed by atoms with van der Waals surface area (Å²) < 4.78 is 15.9. The summed E-state index contributed by atoms with van der Waals surface area (Å²) in [6.07, 6.45) is 0.296. The van der Waals surface area contributed by atoms with E-state index in [0.29, 0.717) is 32.6 Å². The third-order valence-corrected chi connectivity index (χ3v) is 4.48. The van der Waals surface area contributed by atoms with Crippen LogP contribution in [0.4, 0.5) is 0 Å². The lowest BCUT2D eigenvalue weighted by Gasteiger charge is -2.27. The van der Waals surface area contributed by atoms with Crippen LogP contribution in [-0.4, -0.2) is 55.6 Å². The van der Waals surface area contributed by atoms with Crippen LogP contribution in [0.25, 0.3) is 11.0 Å². The molecule has 0 aliphatic carbocycles. The van der Waals surface area contributed by atoms with E-state index in [1.54, 1.807) is 11.8 Å². The Morgan fingerprint density at radius 2 is 2.08 bits per heavy atom. The SMILES string of the molecule is COc1cc2c(=O)c(CC(=O)N3CCOCC3)c(C)oc2c(C=O)c1O. The van der Waals surface area contributed by atoms with Crippen molar-refractivity contribution in [2.75, 3.05) is 33.4 Å². The number of hydrogen-bond acceptors (Lipinski definition) is 7. The smallest absolute Gasteiger partial charge is 0.227 e. The highest BCUT2D eigenvalue weighted by molar-refractivity contribution is 5.99. The van der Waals surface area contributed by atoms with E-state index in [1.165, 1.54) is 13.2 Å². The first-order valence-corrected chi connectivity index (χ1v) is 8.14. The minimum Gasteiger partial charge on any atom is -0.504 e. The first-order chi connectivity index (χ1) is 12.5. The van der Waals surface area contributed by atoms with Gasteiger partial charge in [-0.3, -0.25) is 14.4 Å². The van der Waals surface area contributed by atoms with Crippen LogP contribution in [0.2, 0.25) is 0 Å². The zero-order valence-corrected chi connectivity index (χ0v) is 14.5. The van der Waals surface area contributed by atoms with Crippen molar-refractivity contribution in [3.63, 3.8) is 0 Å². The summed E-state index contributed by atoms with van der Waals surface area (Å²) >= 11 is 0. The van der Waals surface area contributed by atoms with Crippen molar-refractivity contribution in [3.05, 3.63) is 33.2 Å². The number of ether oxygens (including phenoxy) is 2. The molecule has 8 heteroatoms. The zero-order valence-electron chi connectivity index (χ0n) is 14.5. The molecule has 1 aliphatic heterocycles. The van der Waals surface area contributed by atoms with Crippen molar-refractivity contribution in [1.29, 1.82) is 0 Å². The number of benzene rings is 1. The highest BCUT2D eigenvalue weighted by atomic mass is 16.5. The minimum atomic E-state index is -0.424. The van der Waals surface area contributed by atoms with Gasteiger partial charge in [-0.25, -0.2) is 0 Å². The number of amides is 1. The maximum absolute atomic E-state index is 12.9. The molecule has 0 spiro atoms. The maximum Gasteiger partial charge on any atom is 0.227 e. The van der Waals surface area contributed by atoms with Crippen LogP contribution in [0.15, 0.2) is 15.3 Å². The lowest BCUT2D eigenvalue weighted by Crippen LogP contribution is -2.42. The second kappa shape index (κ2) is 7.17. The molecule has 2 heterocycles. The normalized spacial score (nSPS) is 14.5. The van der Waals surface area contributed by atoms with Crippen LogP contribution in [0.5, 0.6) is 11.5 Å². The van der Waals surface area contributed by atoms with Crippen LogP contribution >= 0.6 is 0 Å². The van der Waals surface area contributed by atoms with Gasteiger partial charge >= 0.3 is 0 Å². The average Bonchev–Trinajstić information content (AvgIpc) is 2.65. The number of rotatable bonds is 4. The lowest BCUT2D eigenvalue weighted by atomic mass is 10.0. The number of aromatic hydroxyl groups is 1. The minimum absolute atomic E-state index is 0.0128. The van der Waals surface area contributed by atoms with Crippen LogP contribution in [0, 0.1) is 6.92 Å². The summed E-state index contributed by atoms with van der Waals surface area (Å²) in [5, 5.41) is 10.1. The van der Waals surface area contributed by atoms with E-state index in [1.807, 2.05) is 0 Å². The molecular formula is C18H19NO7. The van der Waals surface area contributed by atoms with Gasteiger partial charge in [0, 0.05) is 18.7 Å². The average molecular weight is 361 g/mol. The number of aryl methyl sites for hydroxylation is 1. The highest BCUT2D eigenvalue weighted by Crippen LogP contribution is 2.35. The molecule has 0 atom stereocenters. The van der Waals surface area contributed by atoms with Crippen LogP contribution in [-0.2, 0) is 16.0 Å². The van der Waals surface area contributed by atoms with E-state index in [0.717, 1.165) is 0 Å². The summed E-state index contributed by atoms with van der Waals surface area (Å²) in [6.45, 7) is 3.45. The molecule has 0 unspecified atom stereocenters. The Morgan fingerprint density at radius 1 is 1.38 bits per heavy atom. The summed E-state index contributed by atoms with van der Waals surface area (Å²) in [5.74, 6) is -0.364. The van der Waals surface area contributed by atoms with Gasteiger partial charge in [0.15, 0.2) is 28.8 Å². The second-order valence-corrected chi connectivity index (χ2v) is 5.97. The Kier molecular flexibility index (Phi) is 4.94. The number of fused-ring (bicyclic) bond motifs is 1. The third kappa shape index (κ3) is 3.03. The molecule has 26 heavy (non-hydrogen) atoms. The predicted octanol–water partition coefficient (Wildman–Crippen LogP) is 1.03. The Morgan fingerprint density at radius 3 is 2.69 bits per heavy atom. The Hall–Kier alpha value is -2.87. The monoisotopic (exact) mass is 361 g/mol. The van der Waals surface area contributed by atoms with Gasteiger partial charge < -0.3 is 23.9 Å². The fourth-order valence-electron chi connectivity index (χ4n) is 3.01. The van der Waals surface area contributed by atoms with Gasteiger partial charge in [0.1, 0.15) is 11.3 Å². The number of phenols is 1. The van der Waals surface area contributed by atoms with Crippen molar-refractivity contribution in [2.24, 2.45) is 0 Å². The van der Waals surface area contributed by atoms with Gasteiger partial charge in [-0.1, -0.05) is 0 Å². The molecule has 1 aromatic heterocycles. The first-order valence-electron chi connectivity index (χ1n) is 8.14. The van der Waals surface area contributed by atoms with Crippen LogP contribution in [0.1, 0.15) is 21.7 Å². The number of hydrogen-bond donors (Lipinski definition) is 1. The van der Waals surface area contributed by atoms with E-state index in [2.05, 4.69) is 0 Å². The molecule has 1 N–H and O–H groups in total. The fourth-order valence-corrected chi connectivity index (χ4v) is 3.01. The third-order valence-electron chi connectivity index (χ3n) is 4.48. The van der Waals surface area contributed by atoms with E-state index >= 15 is 0 Å². The highest BCUT2D eigenvalue weighted by Gasteiger charge is 2.23. The molecule has 0 radical (unpaired) electrons. The number of carbonyl (C=O) groups is 2. The maximum atomic E-state index is 12.9.